The Morgan fingerprint density at radius 2 is 1.64 bits per heavy atom. The van der Waals surface area contributed by atoms with Gasteiger partial charge >= 0.3 is 6.03 Å². The first kappa shape index (κ1) is 16.1. The van der Waals surface area contributed by atoms with E-state index in [4.69, 9.17) is 28.9 Å². The number of primary amides is 1. The monoisotopic (exact) mass is 337 g/mol. The number of nitrogens with one attached hydrogen (secondary N) is 2. The summed E-state index contributed by atoms with van der Waals surface area (Å²) in [6, 6.07) is 11.0. The zero-order valence-electron chi connectivity index (χ0n) is 11.4. The van der Waals surface area contributed by atoms with Crippen molar-refractivity contribution in [2.45, 2.75) is 6.42 Å². The largest absolute Gasteiger partial charge is 0.351 e. The Morgan fingerprint density at radius 3 is 2.27 bits per heavy atom. The van der Waals surface area contributed by atoms with Crippen molar-refractivity contribution in [3.05, 3.63) is 58.1 Å². The third-order valence-corrected chi connectivity index (χ3v) is 3.50. The van der Waals surface area contributed by atoms with Gasteiger partial charge in [0.15, 0.2) is 0 Å². The molecular formula is C15H13Cl2N3O2. The molecule has 2 aromatic carbocycles. The summed E-state index contributed by atoms with van der Waals surface area (Å²) in [6.45, 7) is 0. The van der Waals surface area contributed by atoms with Gasteiger partial charge in [0.2, 0.25) is 5.91 Å². The van der Waals surface area contributed by atoms with Crippen LogP contribution < -0.4 is 16.4 Å². The number of amides is 3. The van der Waals surface area contributed by atoms with Gasteiger partial charge in [-0.3, -0.25) is 4.79 Å². The molecule has 5 nitrogen and oxygen atoms in total. The molecule has 22 heavy (non-hydrogen) atoms. The Bertz CT molecular complexity index is 720. The van der Waals surface area contributed by atoms with Crippen molar-refractivity contribution in [2.24, 2.45) is 5.73 Å². The summed E-state index contributed by atoms with van der Waals surface area (Å²) < 4.78 is 0. The van der Waals surface area contributed by atoms with Gasteiger partial charge in [0.25, 0.3) is 0 Å². The second-order valence-electron chi connectivity index (χ2n) is 4.54. The molecule has 0 aromatic heterocycles. The topological polar surface area (TPSA) is 84.2 Å². The molecule has 2 aromatic rings. The van der Waals surface area contributed by atoms with E-state index in [-0.39, 0.29) is 12.3 Å². The molecule has 2 rings (SSSR count). The molecule has 7 heteroatoms. The maximum absolute atomic E-state index is 12.0. The summed E-state index contributed by atoms with van der Waals surface area (Å²) in [7, 11) is 0. The molecule has 0 aliphatic carbocycles. The number of hydrogen-bond donors (Lipinski definition) is 3. The second kappa shape index (κ2) is 7.15. The molecule has 0 saturated carbocycles. The van der Waals surface area contributed by atoms with Crippen LogP contribution in [-0.2, 0) is 11.2 Å². The molecule has 0 bridgehead atoms. The number of anilines is 2. The normalized spacial score (nSPS) is 10.1. The van der Waals surface area contributed by atoms with E-state index in [1.54, 1.807) is 42.5 Å². The maximum Gasteiger partial charge on any atom is 0.316 e. The second-order valence-corrected chi connectivity index (χ2v) is 5.36. The Morgan fingerprint density at radius 1 is 0.955 bits per heavy atom. The van der Waals surface area contributed by atoms with E-state index in [0.717, 1.165) is 5.56 Å². The molecule has 0 fully saturated rings. The van der Waals surface area contributed by atoms with Gasteiger partial charge in [-0.05, 0) is 35.9 Å². The van der Waals surface area contributed by atoms with Crippen molar-refractivity contribution in [3.63, 3.8) is 0 Å². The Hall–Kier alpha value is -2.24. The van der Waals surface area contributed by atoms with Crippen LogP contribution in [0.1, 0.15) is 5.56 Å². The van der Waals surface area contributed by atoms with Crippen LogP contribution in [-0.4, -0.2) is 11.9 Å². The van der Waals surface area contributed by atoms with Crippen LogP contribution in [0.15, 0.2) is 42.5 Å². The third-order valence-electron chi connectivity index (χ3n) is 2.76. The van der Waals surface area contributed by atoms with Gasteiger partial charge in [-0.25, -0.2) is 4.79 Å². The smallest absolute Gasteiger partial charge is 0.316 e. The lowest BCUT2D eigenvalue weighted by atomic mass is 10.1. The predicted molar refractivity (Wildman–Crippen MR) is 88.4 cm³/mol. The number of rotatable bonds is 4. The third kappa shape index (κ3) is 4.65. The molecule has 0 atom stereocenters. The number of carbonyl (C=O) groups is 2. The van der Waals surface area contributed by atoms with Gasteiger partial charge in [0.05, 0.1) is 16.5 Å². The number of nitrogens with two attached hydrogens (primary N) is 1. The molecule has 0 spiro atoms. The fourth-order valence-corrected chi connectivity index (χ4v) is 2.18. The van der Waals surface area contributed by atoms with Crippen LogP contribution in [0.4, 0.5) is 16.2 Å². The SMILES string of the molecule is NC(=O)Nc1cccc(NC(=O)Cc2ccc(Cl)c(Cl)c2)c1. The van der Waals surface area contributed by atoms with Crippen molar-refractivity contribution in [2.75, 3.05) is 10.6 Å². The van der Waals surface area contributed by atoms with Gasteiger partial charge < -0.3 is 16.4 Å². The van der Waals surface area contributed by atoms with E-state index >= 15 is 0 Å². The molecule has 0 heterocycles. The highest BCUT2D eigenvalue weighted by atomic mass is 35.5. The number of halogens is 2. The summed E-state index contributed by atoms with van der Waals surface area (Å²) in [6.07, 6.45) is 0.157. The molecule has 0 aliphatic rings. The van der Waals surface area contributed by atoms with Crippen molar-refractivity contribution in [3.8, 4) is 0 Å². The van der Waals surface area contributed by atoms with Crippen LogP contribution in [0.3, 0.4) is 0 Å². The van der Waals surface area contributed by atoms with Gasteiger partial charge in [-0.2, -0.15) is 0 Å². The summed E-state index contributed by atoms with van der Waals surface area (Å²) >= 11 is 11.7. The quantitative estimate of drug-likeness (QED) is 0.795. The summed E-state index contributed by atoms with van der Waals surface area (Å²) in [5, 5.41) is 6.01. The Labute approximate surface area is 137 Å². The first-order chi connectivity index (χ1) is 10.4. The van der Waals surface area contributed by atoms with Crippen molar-refractivity contribution < 1.29 is 9.59 Å². The van der Waals surface area contributed by atoms with Crippen LogP contribution in [0.5, 0.6) is 0 Å². The minimum atomic E-state index is -0.667. The van der Waals surface area contributed by atoms with Crippen LogP contribution in [0, 0.1) is 0 Å². The lowest BCUT2D eigenvalue weighted by Gasteiger charge is -2.08. The zero-order valence-corrected chi connectivity index (χ0v) is 12.9. The van der Waals surface area contributed by atoms with Crippen LogP contribution >= 0.6 is 23.2 Å². The van der Waals surface area contributed by atoms with E-state index in [1.165, 1.54) is 0 Å². The van der Waals surface area contributed by atoms with E-state index in [1.807, 2.05) is 0 Å². The highest BCUT2D eigenvalue weighted by Gasteiger charge is 2.07. The highest BCUT2D eigenvalue weighted by Crippen LogP contribution is 2.23. The number of hydrogen-bond acceptors (Lipinski definition) is 2. The number of benzene rings is 2. The number of urea groups is 1. The summed E-state index contributed by atoms with van der Waals surface area (Å²) in [4.78, 5) is 22.8. The van der Waals surface area contributed by atoms with Crippen molar-refractivity contribution >= 4 is 46.5 Å². The number of carbonyl (C=O) groups excluding carboxylic acids is 2. The van der Waals surface area contributed by atoms with Crippen LogP contribution in [0.25, 0.3) is 0 Å². The zero-order chi connectivity index (χ0) is 16.1. The minimum Gasteiger partial charge on any atom is -0.351 e. The maximum atomic E-state index is 12.0. The van der Waals surface area contributed by atoms with E-state index in [0.29, 0.717) is 21.4 Å². The highest BCUT2D eigenvalue weighted by molar-refractivity contribution is 6.42. The summed E-state index contributed by atoms with van der Waals surface area (Å²) in [5.74, 6) is -0.213. The fourth-order valence-electron chi connectivity index (χ4n) is 1.86. The predicted octanol–water partition coefficient (Wildman–Crippen LogP) is 3.67. The van der Waals surface area contributed by atoms with Gasteiger partial charge in [0, 0.05) is 11.4 Å². The lowest BCUT2D eigenvalue weighted by molar-refractivity contribution is -0.115. The minimum absolute atomic E-state index is 0.157. The first-order valence-electron chi connectivity index (χ1n) is 6.34. The molecule has 114 valence electrons. The average Bonchev–Trinajstić information content (AvgIpc) is 2.42. The Kier molecular flexibility index (Phi) is 5.25. The standard InChI is InChI=1S/C15H13Cl2N3O2/c16-12-5-4-9(6-13(12)17)7-14(21)19-10-2-1-3-11(8-10)20-15(18)22/h1-6,8H,7H2,(H,19,21)(H3,18,20,22). The molecule has 0 radical (unpaired) electrons. The van der Waals surface area contributed by atoms with E-state index in [2.05, 4.69) is 10.6 Å². The molecule has 3 amide bonds. The molecular weight excluding hydrogens is 325 g/mol. The molecule has 4 N–H and O–H groups in total. The first-order valence-corrected chi connectivity index (χ1v) is 7.10. The van der Waals surface area contributed by atoms with Crippen LogP contribution in [0.2, 0.25) is 10.0 Å². The van der Waals surface area contributed by atoms with Gasteiger partial charge in [-0.1, -0.05) is 35.3 Å². The Balaban J connectivity index is 2.02. The van der Waals surface area contributed by atoms with Crippen molar-refractivity contribution in [1.82, 2.24) is 0 Å². The summed E-state index contributed by atoms with van der Waals surface area (Å²) in [5.41, 5.74) is 6.84. The lowest BCUT2D eigenvalue weighted by Crippen LogP contribution is -2.19. The van der Waals surface area contributed by atoms with Crippen molar-refractivity contribution in [1.29, 1.82) is 0 Å². The van der Waals surface area contributed by atoms with E-state index < -0.39 is 6.03 Å². The molecule has 0 unspecified atom stereocenters. The van der Waals surface area contributed by atoms with E-state index in [9.17, 15) is 9.59 Å². The molecule has 0 aliphatic heterocycles. The van der Waals surface area contributed by atoms with Gasteiger partial charge in [0.1, 0.15) is 0 Å². The van der Waals surface area contributed by atoms with Gasteiger partial charge in [-0.15, -0.1) is 0 Å². The molecule has 0 saturated heterocycles. The average molecular weight is 338 g/mol. The fraction of sp³-hybridized carbons (Fsp3) is 0.0667.